The molecular formula is C15H31Na. The Bertz CT molecular complexity index is 123. The van der Waals surface area contributed by atoms with Crippen LogP contribution in [-0.2, 0) is 0 Å². The Labute approximate surface area is 121 Å². The van der Waals surface area contributed by atoms with Gasteiger partial charge in [-0.2, -0.15) is 0 Å². The van der Waals surface area contributed by atoms with Crippen LogP contribution in [0.2, 0.25) is 3.17 Å². The van der Waals surface area contributed by atoms with Crippen LogP contribution in [0.1, 0.15) is 90.9 Å². The third kappa shape index (κ3) is 13.1. The second kappa shape index (κ2) is 14.1. The van der Waals surface area contributed by atoms with Gasteiger partial charge in [0.05, 0.1) is 0 Å². The molecule has 16 heavy (non-hydrogen) atoms. The first kappa shape index (κ1) is 17.0. The molecule has 0 amide bonds. The van der Waals surface area contributed by atoms with E-state index in [9.17, 15) is 0 Å². The molecule has 92 valence electrons. The third-order valence-corrected chi connectivity index (χ3v) is 4.76. The molecule has 0 fully saturated rings. The first-order chi connectivity index (χ1) is 7.81. The minimum atomic E-state index is 1.11. The Morgan fingerprint density at radius 3 is 1.50 bits per heavy atom. The fraction of sp³-hybridized carbons (Fsp3) is 1.00. The van der Waals surface area contributed by atoms with Crippen molar-refractivity contribution in [2.24, 2.45) is 0 Å². The molecule has 1 unspecified atom stereocenters. The molecule has 0 aromatic rings. The van der Waals surface area contributed by atoms with Crippen molar-refractivity contribution in [2.45, 2.75) is 94.1 Å². The summed E-state index contributed by atoms with van der Waals surface area (Å²) in [7, 11) is 0. The van der Waals surface area contributed by atoms with Crippen molar-refractivity contribution >= 4 is 27.9 Å². The van der Waals surface area contributed by atoms with Gasteiger partial charge < -0.3 is 0 Å². The van der Waals surface area contributed by atoms with Crippen molar-refractivity contribution in [3.63, 3.8) is 0 Å². The normalized spacial score (nSPS) is 13.0. The molecule has 0 aliphatic heterocycles. The van der Waals surface area contributed by atoms with E-state index in [1.165, 1.54) is 105 Å². The van der Waals surface area contributed by atoms with Gasteiger partial charge in [0.2, 0.25) is 0 Å². The Balaban J connectivity index is 3.08. The SMILES string of the molecule is CCCCCCCC[CH]([Na])CCCCCC. The van der Waals surface area contributed by atoms with E-state index in [-0.39, 0.29) is 0 Å². The van der Waals surface area contributed by atoms with Gasteiger partial charge in [-0.25, -0.2) is 0 Å². The fourth-order valence-electron chi connectivity index (χ4n) is 2.34. The summed E-state index contributed by atoms with van der Waals surface area (Å²) in [6.45, 7) is 4.60. The first-order valence-electron chi connectivity index (χ1n) is 7.81. The van der Waals surface area contributed by atoms with Crippen molar-refractivity contribution in [1.82, 2.24) is 0 Å². The number of unbranched alkanes of at least 4 members (excludes halogenated alkanes) is 8. The van der Waals surface area contributed by atoms with Crippen LogP contribution in [0, 0.1) is 0 Å². The number of rotatable bonds is 12. The second-order valence-electron chi connectivity index (χ2n) is 5.51. The average Bonchev–Trinajstić information content (AvgIpc) is 2.29. The summed E-state index contributed by atoms with van der Waals surface area (Å²) in [4.78, 5) is 0. The topological polar surface area (TPSA) is 0 Å². The molecule has 0 aromatic heterocycles. The van der Waals surface area contributed by atoms with Gasteiger partial charge in [-0.1, -0.05) is 0 Å². The van der Waals surface area contributed by atoms with E-state index in [0.717, 1.165) is 3.17 Å². The summed E-state index contributed by atoms with van der Waals surface area (Å²) in [6, 6.07) is 0. The Hall–Kier alpha value is 1.00. The van der Waals surface area contributed by atoms with Crippen molar-refractivity contribution in [2.75, 3.05) is 0 Å². The summed E-state index contributed by atoms with van der Waals surface area (Å²) in [5, 5.41) is 0. The molecule has 0 saturated carbocycles. The van der Waals surface area contributed by atoms with Crippen LogP contribution in [0.3, 0.4) is 0 Å². The van der Waals surface area contributed by atoms with Gasteiger partial charge in [0.25, 0.3) is 0 Å². The van der Waals surface area contributed by atoms with Crippen molar-refractivity contribution in [3.05, 3.63) is 0 Å². The van der Waals surface area contributed by atoms with Crippen LogP contribution in [-0.4, -0.2) is 27.9 Å². The van der Waals surface area contributed by atoms with Crippen molar-refractivity contribution in [3.8, 4) is 0 Å². The van der Waals surface area contributed by atoms with Gasteiger partial charge in [-0.05, 0) is 0 Å². The van der Waals surface area contributed by atoms with E-state index in [1.54, 1.807) is 0 Å². The van der Waals surface area contributed by atoms with Crippen LogP contribution in [0.25, 0.3) is 0 Å². The van der Waals surface area contributed by atoms with Gasteiger partial charge in [-0.15, -0.1) is 0 Å². The molecule has 1 atom stereocenters. The zero-order valence-corrected chi connectivity index (χ0v) is 14.1. The number of hydrogen-bond donors (Lipinski definition) is 0. The molecule has 0 saturated heterocycles. The predicted octanol–water partition coefficient (Wildman–Crippen LogP) is 5.66. The monoisotopic (exact) mass is 234 g/mol. The Kier molecular flexibility index (Phi) is 14.9. The maximum atomic E-state index is 2.30. The van der Waals surface area contributed by atoms with E-state index >= 15 is 0 Å². The first-order valence-corrected chi connectivity index (χ1v) is 8.96. The molecule has 0 bridgehead atoms. The molecule has 1 heteroatoms. The summed E-state index contributed by atoms with van der Waals surface area (Å²) in [5.41, 5.74) is 0. The van der Waals surface area contributed by atoms with Crippen LogP contribution in [0.4, 0.5) is 0 Å². The summed E-state index contributed by atoms with van der Waals surface area (Å²) in [6.07, 6.45) is 17.6. The van der Waals surface area contributed by atoms with Crippen LogP contribution < -0.4 is 0 Å². The van der Waals surface area contributed by atoms with Gasteiger partial charge in [0.1, 0.15) is 0 Å². The average molecular weight is 234 g/mol. The van der Waals surface area contributed by atoms with Crippen LogP contribution in [0.15, 0.2) is 0 Å². The van der Waals surface area contributed by atoms with E-state index in [0.29, 0.717) is 0 Å². The van der Waals surface area contributed by atoms with E-state index in [2.05, 4.69) is 13.8 Å². The molecule has 0 N–H and O–H groups in total. The third-order valence-electron chi connectivity index (χ3n) is 3.60. The molecule has 0 radical (unpaired) electrons. The number of hydrogen-bond acceptors (Lipinski definition) is 0. The molecule has 0 spiro atoms. The van der Waals surface area contributed by atoms with Crippen molar-refractivity contribution in [1.29, 1.82) is 0 Å². The maximum absolute atomic E-state index is 2.30. The molecule has 0 aromatic carbocycles. The van der Waals surface area contributed by atoms with Gasteiger partial charge in [0, 0.05) is 0 Å². The Morgan fingerprint density at radius 1 is 0.625 bits per heavy atom. The Morgan fingerprint density at radius 2 is 1.00 bits per heavy atom. The summed E-state index contributed by atoms with van der Waals surface area (Å²) >= 11 is 1.43. The summed E-state index contributed by atoms with van der Waals surface area (Å²) < 4.78 is 1.11. The van der Waals surface area contributed by atoms with Crippen LogP contribution in [0.5, 0.6) is 0 Å². The zero-order valence-electron chi connectivity index (χ0n) is 12.1. The quantitative estimate of drug-likeness (QED) is 0.302. The van der Waals surface area contributed by atoms with E-state index < -0.39 is 0 Å². The second-order valence-corrected chi connectivity index (χ2v) is 7.14. The summed E-state index contributed by atoms with van der Waals surface area (Å²) in [5.74, 6) is 0. The van der Waals surface area contributed by atoms with Crippen LogP contribution >= 0.6 is 0 Å². The minimum absolute atomic E-state index is 1.11. The molecule has 0 aliphatic carbocycles. The molecule has 0 rings (SSSR count). The molecular weight excluding hydrogens is 203 g/mol. The standard InChI is InChI=1S/C15H31.Na/c1-3-5-7-9-11-13-15-14-12-10-8-6-4-2;/h13H,3-12,14-15H2,1-2H3;. The molecule has 0 nitrogen and oxygen atoms in total. The van der Waals surface area contributed by atoms with E-state index in [4.69, 9.17) is 0 Å². The van der Waals surface area contributed by atoms with Gasteiger partial charge in [-0.3, -0.25) is 0 Å². The van der Waals surface area contributed by atoms with E-state index in [1.807, 2.05) is 0 Å². The molecule has 0 aliphatic rings. The fourth-order valence-corrected chi connectivity index (χ4v) is 3.15. The zero-order chi connectivity index (χ0) is 12.1. The predicted molar refractivity (Wildman–Crippen MR) is 76.3 cm³/mol. The van der Waals surface area contributed by atoms with Gasteiger partial charge >= 0.3 is 122 Å². The van der Waals surface area contributed by atoms with Crippen molar-refractivity contribution < 1.29 is 0 Å². The van der Waals surface area contributed by atoms with Gasteiger partial charge in [0.15, 0.2) is 0 Å². The molecule has 0 heterocycles.